The van der Waals surface area contributed by atoms with Crippen LogP contribution in [0.5, 0.6) is 0 Å². The highest BCUT2D eigenvalue weighted by Crippen LogP contribution is 2.21. The highest BCUT2D eigenvalue weighted by atomic mass is 16.4. The van der Waals surface area contributed by atoms with Crippen LogP contribution in [-0.4, -0.2) is 39.4 Å². The SMILES string of the molecule is O=C1NC(C(=O)O)Cn2nc3c(c21)CNCC3. The van der Waals surface area contributed by atoms with Gasteiger partial charge in [0, 0.05) is 25.1 Å². The number of nitrogens with zero attached hydrogens (tertiary/aromatic N) is 2. The molecule has 0 fully saturated rings. The highest BCUT2D eigenvalue weighted by molar-refractivity contribution is 5.97. The molecule has 90 valence electrons. The molecule has 3 heterocycles. The lowest BCUT2D eigenvalue weighted by molar-refractivity contribution is -0.139. The van der Waals surface area contributed by atoms with Crippen molar-refractivity contribution in [3.05, 3.63) is 17.0 Å². The van der Waals surface area contributed by atoms with E-state index in [2.05, 4.69) is 15.7 Å². The van der Waals surface area contributed by atoms with Crippen LogP contribution in [0.25, 0.3) is 0 Å². The zero-order valence-corrected chi connectivity index (χ0v) is 9.06. The number of carboxylic acids is 1. The maximum Gasteiger partial charge on any atom is 0.328 e. The Balaban J connectivity index is 2.04. The fourth-order valence-corrected chi connectivity index (χ4v) is 2.33. The lowest BCUT2D eigenvalue weighted by Gasteiger charge is -2.22. The van der Waals surface area contributed by atoms with E-state index in [4.69, 9.17) is 5.11 Å². The number of hydrogen-bond donors (Lipinski definition) is 3. The lowest BCUT2D eigenvalue weighted by atomic mass is 10.1. The van der Waals surface area contributed by atoms with E-state index in [1.54, 1.807) is 0 Å². The number of amides is 1. The Bertz CT molecular complexity index is 508. The van der Waals surface area contributed by atoms with E-state index in [0.717, 1.165) is 24.2 Å². The molecule has 3 N–H and O–H groups in total. The van der Waals surface area contributed by atoms with Crippen molar-refractivity contribution in [2.75, 3.05) is 6.54 Å². The van der Waals surface area contributed by atoms with E-state index < -0.39 is 12.0 Å². The molecule has 0 saturated heterocycles. The molecule has 0 aliphatic carbocycles. The molecule has 1 atom stereocenters. The van der Waals surface area contributed by atoms with Crippen molar-refractivity contribution in [2.24, 2.45) is 0 Å². The van der Waals surface area contributed by atoms with Crippen LogP contribution in [0.1, 0.15) is 21.7 Å². The topological polar surface area (TPSA) is 96.3 Å². The van der Waals surface area contributed by atoms with Gasteiger partial charge in [-0.1, -0.05) is 0 Å². The second-order valence-electron chi connectivity index (χ2n) is 4.25. The molecular weight excluding hydrogens is 224 g/mol. The van der Waals surface area contributed by atoms with Gasteiger partial charge in [0.1, 0.15) is 11.7 Å². The Labute approximate surface area is 96.8 Å². The summed E-state index contributed by atoms with van der Waals surface area (Å²) in [7, 11) is 0. The van der Waals surface area contributed by atoms with Crippen molar-refractivity contribution in [1.29, 1.82) is 0 Å². The third kappa shape index (κ3) is 1.50. The predicted octanol–water partition coefficient (Wildman–Crippen LogP) is -1.27. The van der Waals surface area contributed by atoms with Crippen molar-refractivity contribution in [1.82, 2.24) is 20.4 Å². The van der Waals surface area contributed by atoms with E-state index in [0.29, 0.717) is 12.2 Å². The molecular formula is C10H12N4O3. The van der Waals surface area contributed by atoms with Gasteiger partial charge >= 0.3 is 5.97 Å². The number of hydrogen-bond acceptors (Lipinski definition) is 4. The first-order valence-electron chi connectivity index (χ1n) is 5.50. The number of nitrogens with one attached hydrogen (secondary N) is 2. The molecule has 7 heteroatoms. The zero-order chi connectivity index (χ0) is 12.0. The smallest absolute Gasteiger partial charge is 0.328 e. The summed E-state index contributed by atoms with van der Waals surface area (Å²) in [6.07, 6.45) is 0.778. The Hall–Kier alpha value is -1.89. The molecule has 0 spiro atoms. The Morgan fingerprint density at radius 1 is 1.53 bits per heavy atom. The summed E-state index contributed by atoms with van der Waals surface area (Å²) in [5.41, 5.74) is 2.31. The van der Waals surface area contributed by atoms with Crippen LogP contribution >= 0.6 is 0 Å². The molecule has 0 radical (unpaired) electrons. The number of aromatic nitrogens is 2. The van der Waals surface area contributed by atoms with Gasteiger partial charge in [0.2, 0.25) is 0 Å². The van der Waals surface area contributed by atoms with Crippen LogP contribution in [-0.2, 0) is 24.3 Å². The lowest BCUT2D eigenvalue weighted by Crippen LogP contribution is -2.49. The molecule has 1 aromatic rings. The monoisotopic (exact) mass is 236 g/mol. The summed E-state index contributed by atoms with van der Waals surface area (Å²) in [4.78, 5) is 22.8. The van der Waals surface area contributed by atoms with Crippen LogP contribution in [0, 0.1) is 0 Å². The molecule has 0 bridgehead atoms. The maximum atomic E-state index is 11.9. The average Bonchev–Trinajstić information content (AvgIpc) is 2.67. The summed E-state index contributed by atoms with van der Waals surface area (Å²) in [5.74, 6) is -1.38. The predicted molar refractivity (Wildman–Crippen MR) is 56.5 cm³/mol. The molecule has 0 saturated carbocycles. The number of fused-ring (bicyclic) bond motifs is 3. The number of aliphatic carboxylic acids is 1. The van der Waals surface area contributed by atoms with Gasteiger partial charge in [-0.3, -0.25) is 9.48 Å². The molecule has 0 aromatic carbocycles. The first-order chi connectivity index (χ1) is 8.16. The zero-order valence-electron chi connectivity index (χ0n) is 9.06. The first-order valence-corrected chi connectivity index (χ1v) is 5.50. The van der Waals surface area contributed by atoms with Crippen LogP contribution in [0.2, 0.25) is 0 Å². The van der Waals surface area contributed by atoms with Gasteiger partial charge in [0.15, 0.2) is 0 Å². The van der Waals surface area contributed by atoms with Crippen molar-refractivity contribution < 1.29 is 14.7 Å². The highest BCUT2D eigenvalue weighted by Gasteiger charge is 2.34. The van der Waals surface area contributed by atoms with Crippen molar-refractivity contribution >= 4 is 11.9 Å². The van der Waals surface area contributed by atoms with Gasteiger partial charge in [-0.05, 0) is 0 Å². The van der Waals surface area contributed by atoms with Crippen LogP contribution < -0.4 is 10.6 Å². The molecule has 17 heavy (non-hydrogen) atoms. The van der Waals surface area contributed by atoms with Crippen LogP contribution in [0.4, 0.5) is 0 Å². The normalized spacial score (nSPS) is 22.6. The molecule has 2 aliphatic heterocycles. The Kier molecular flexibility index (Phi) is 2.15. The van der Waals surface area contributed by atoms with E-state index in [9.17, 15) is 9.59 Å². The second kappa shape index (κ2) is 3.56. The first kappa shape index (κ1) is 10.3. The van der Waals surface area contributed by atoms with Gasteiger partial charge in [-0.25, -0.2) is 4.79 Å². The number of rotatable bonds is 1. The largest absolute Gasteiger partial charge is 0.480 e. The number of carbonyl (C=O) groups excluding carboxylic acids is 1. The average molecular weight is 236 g/mol. The van der Waals surface area contributed by atoms with Crippen molar-refractivity contribution in [3.63, 3.8) is 0 Å². The standard InChI is InChI=1S/C10H12N4O3/c15-9-8-5-3-11-2-1-6(5)13-14(8)4-7(12-9)10(16)17/h7,11H,1-4H2,(H,12,15)(H,16,17). The quantitative estimate of drug-likeness (QED) is 0.564. The van der Waals surface area contributed by atoms with Crippen molar-refractivity contribution in [2.45, 2.75) is 25.6 Å². The summed E-state index contributed by atoms with van der Waals surface area (Å²) in [6, 6.07) is -0.885. The van der Waals surface area contributed by atoms with E-state index >= 15 is 0 Å². The molecule has 1 amide bonds. The minimum Gasteiger partial charge on any atom is -0.480 e. The number of carboxylic acid groups (broad SMARTS) is 1. The van der Waals surface area contributed by atoms with Gasteiger partial charge in [0.05, 0.1) is 12.2 Å². The molecule has 2 aliphatic rings. The second-order valence-corrected chi connectivity index (χ2v) is 4.25. The summed E-state index contributed by atoms with van der Waals surface area (Å²) in [6.45, 7) is 1.66. The minimum atomic E-state index is -1.03. The minimum absolute atomic E-state index is 0.198. The van der Waals surface area contributed by atoms with E-state index in [1.165, 1.54) is 4.68 Å². The van der Waals surface area contributed by atoms with Crippen LogP contribution in [0.15, 0.2) is 0 Å². The summed E-state index contributed by atoms with van der Waals surface area (Å²) >= 11 is 0. The fourth-order valence-electron chi connectivity index (χ4n) is 2.33. The number of carbonyl (C=O) groups is 2. The summed E-state index contributed by atoms with van der Waals surface area (Å²) < 4.78 is 1.52. The molecule has 1 unspecified atom stereocenters. The Morgan fingerprint density at radius 3 is 3.12 bits per heavy atom. The maximum absolute atomic E-state index is 11.9. The molecule has 7 nitrogen and oxygen atoms in total. The summed E-state index contributed by atoms with van der Waals surface area (Å²) in [5, 5.41) is 18.9. The third-order valence-electron chi connectivity index (χ3n) is 3.15. The van der Waals surface area contributed by atoms with Crippen LogP contribution in [0.3, 0.4) is 0 Å². The van der Waals surface area contributed by atoms with Gasteiger partial charge in [-0.2, -0.15) is 5.10 Å². The fraction of sp³-hybridized carbons (Fsp3) is 0.500. The van der Waals surface area contributed by atoms with Crippen molar-refractivity contribution in [3.8, 4) is 0 Å². The van der Waals surface area contributed by atoms with Gasteiger partial charge in [0.25, 0.3) is 5.91 Å². The third-order valence-corrected chi connectivity index (χ3v) is 3.15. The van der Waals surface area contributed by atoms with E-state index in [-0.39, 0.29) is 12.5 Å². The van der Waals surface area contributed by atoms with Gasteiger partial charge < -0.3 is 15.7 Å². The van der Waals surface area contributed by atoms with Gasteiger partial charge in [-0.15, -0.1) is 0 Å². The molecule has 3 rings (SSSR count). The Morgan fingerprint density at radius 2 is 2.35 bits per heavy atom. The molecule has 1 aromatic heterocycles. The van der Waals surface area contributed by atoms with E-state index in [1.807, 2.05) is 0 Å².